The number of methoxy groups -OCH3 is 1. The van der Waals surface area contributed by atoms with Crippen LogP contribution in [-0.2, 0) is 16.4 Å². The summed E-state index contributed by atoms with van der Waals surface area (Å²) in [4.78, 5) is 3.73. The number of rotatable bonds is 6. The third kappa shape index (κ3) is 4.18. The molecule has 1 heterocycles. The molecule has 0 saturated carbocycles. The number of benzene rings is 2. The van der Waals surface area contributed by atoms with Crippen molar-refractivity contribution >= 4 is 15.7 Å². The van der Waals surface area contributed by atoms with Crippen molar-refractivity contribution in [3.8, 4) is 5.75 Å². The summed E-state index contributed by atoms with van der Waals surface area (Å²) in [6.07, 6.45) is 4.17. The highest BCUT2D eigenvalue weighted by Crippen LogP contribution is 2.26. The van der Waals surface area contributed by atoms with Gasteiger partial charge in [-0.05, 0) is 60.0 Å². The Morgan fingerprint density at radius 3 is 2.31 bits per heavy atom. The number of nitrogens with one attached hydrogen (secondary N) is 1. The van der Waals surface area contributed by atoms with Crippen molar-refractivity contribution in [1.82, 2.24) is 4.98 Å². The van der Waals surface area contributed by atoms with Gasteiger partial charge in [0.15, 0.2) is 0 Å². The van der Waals surface area contributed by atoms with Crippen LogP contribution in [0.4, 0.5) is 10.1 Å². The van der Waals surface area contributed by atoms with Crippen LogP contribution in [0.1, 0.15) is 11.1 Å². The zero-order valence-corrected chi connectivity index (χ0v) is 14.8. The van der Waals surface area contributed by atoms with Crippen molar-refractivity contribution in [2.45, 2.75) is 11.3 Å². The van der Waals surface area contributed by atoms with Gasteiger partial charge < -0.3 is 4.74 Å². The molecule has 1 aromatic heterocycles. The minimum atomic E-state index is -3.97. The van der Waals surface area contributed by atoms with E-state index in [4.69, 9.17) is 4.74 Å². The van der Waals surface area contributed by atoms with Gasteiger partial charge in [0.2, 0.25) is 0 Å². The van der Waals surface area contributed by atoms with Crippen molar-refractivity contribution < 1.29 is 17.5 Å². The molecule has 0 unspecified atom stereocenters. The number of anilines is 1. The number of hydrogen-bond acceptors (Lipinski definition) is 4. The largest absolute Gasteiger partial charge is 0.495 e. The molecule has 26 heavy (non-hydrogen) atoms. The molecule has 3 rings (SSSR count). The summed E-state index contributed by atoms with van der Waals surface area (Å²) in [6.45, 7) is 0. The van der Waals surface area contributed by atoms with Crippen molar-refractivity contribution in [2.24, 2.45) is 0 Å². The van der Waals surface area contributed by atoms with Crippen molar-refractivity contribution in [3.05, 3.63) is 83.9 Å². The Labute approximate surface area is 151 Å². The summed E-state index contributed by atoms with van der Waals surface area (Å²) in [6, 6.07) is 14.2. The molecule has 0 aliphatic rings. The molecule has 0 amide bonds. The average molecular weight is 372 g/mol. The molecule has 2 aromatic carbocycles. The second-order valence-electron chi connectivity index (χ2n) is 5.63. The number of aromatic nitrogens is 1. The van der Waals surface area contributed by atoms with Gasteiger partial charge in [-0.25, -0.2) is 12.8 Å². The van der Waals surface area contributed by atoms with Gasteiger partial charge >= 0.3 is 0 Å². The maximum atomic E-state index is 13.5. The molecule has 0 aliphatic heterocycles. The summed E-state index contributed by atoms with van der Waals surface area (Å²) in [5, 5.41) is 0. The third-order valence-electron chi connectivity index (χ3n) is 3.78. The molecule has 134 valence electrons. The molecule has 5 nitrogen and oxygen atoms in total. The molecule has 0 aliphatic carbocycles. The van der Waals surface area contributed by atoms with E-state index in [-0.39, 0.29) is 10.6 Å². The number of halogens is 1. The van der Waals surface area contributed by atoms with E-state index in [2.05, 4.69) is 9.71 Å². The molecule has 0 bridgehead atoms. The Bertz CT molecular complexity index is 991. The predicted molar refractivity (Wildman–Crippen MR) is 97.2 cm³/mol. The number of hydrogen-bond donors (Lipinski definition) is 1. The highest BCUT2D eigenvalue weighted by atomic mass is 32.2. The summed E-state index contributed by atoms with van der Waals surface area (Å²) >= 11 is 0. The number of ether oxygens (including phenoxy) is 1. The van der Waals surface area contributed by atoms with E-state index in [0.717, 1.165) is 23.3 Å². The average Bonchev–Trinajstić information content (AvgIpc) is 2.64. The van der Waals surface area contributed by atoms with Crippen LogP contribution in [0.5, 0.6) is 5.75 Å². The SMILES string of the molecule is COc1ccc(F)cc1S(=O)(=O)Nc1ccc(Cc2ccncc2)cc1. The van der Waals surface area contributed by atoms with Gasteiger partial charge in [0.25, 0.3) is 10.0 Å². The molecule has 0 radical (unpaired) electrons. The number of pyridine rings is 1. The van der Waals surface area contributed by atoms with Crippen LogP contribution in [-0.4, -0.2) is 20.5 Å². The lowest BCUT2D eigenvalue weighted by molar-refractivity contribution is 0.401. The summed E-state index contributed by atoms with van der Waals surface area (Å²) in [5.74, 6) is -0.577. The van der Waals surface area contributed by atoms with Gasteiger partial charge in [-0.3, -0.25) is 9.71 Å². The maximum Gasteiger partial charge on any atom is 0.265 e. The van der Waals surface area contributed by atoms with Crippen LogP contribution in [0.3, 0.4) is 0 Å². The Morgan fingerprint density at radius 1 is 1.00 bits per heavy atom. The third-order valence-corrected chi connectivity index (χ3v) is 5.18. The quantitative estimate of drug-likeness (QED) is 0.718. The van der Waals surface area contributed by atoms with Crippen molar-refractivity contribution in [3.63, 3.8) is 0 Å². The zero-order valence-electron chi connectivity index (χ0n) is 14.0. The van der Waals surface area contributed by atoms with Crippen molar-refractivity contribution in [2.75, 3.05) is 11.8 Å². The first-order valence-electron chi connectivity index (χ1n) is 7.82. The van der Waals surface area contributed by atoms with Crippen LogP contribution in [0, 0.1) is 5.82 Å². The molecular formula is C19H17FN2O3S. The highest BCUT2D eigenvalue weighted by Gasteiger charge is 2.20. The Morgan fingerprint density at radius 2 is 1.65 bits per heavy atom. The predicted octanol–water partition coefficient (Wildman–Crippen LogP) is 3.62. The highest BCUT2D eigenvalue weighted by molar-refractivity contribution is 7.92. The van der Waals surface area contributed by atoms with E-state index < -0.39 is 15.8 Å². The van der Waals surface area contributed by atoms with Gasteiger partial charge in [-0.2, -0.15) is 0 Å². The van der Waals surface area contributed by atoms with Crippen molar-refractivity contribution in [1.29, 1.82) is 0 Å². The fourth-order valence-electron chi connectivity index (χ4n) is 2.50. The van der Waals surface area contributed by atoms with Gasteiger partial charge in [-0.15, -0.1) is 0 Å². The molecule has 1 N–H and O–H groups in total. The van der Waals surface area contributed by atoms with E-state index in [9.17, 15) is 12.8 Å². The lowest BCUT2D eigenvalue weighted by Gasteiger charge is -2.12. The molecule has 0 saturated heterocycles. The van der Waals surface area contributed by atoms with E-state index in [1.807, 2.05) is 24.3 Å². The van der Waals surface area contributed by atoms with E-state index in [1.165, 1.54) is 13.2 Å². The first kappa shape index (κ1) is 17.9. The zero-order chi connectivity index (χ0) is 18.6. The van der Waals surface area contributed by atoms with Crippen LogP contribution in [0.2, 0.25) is 0 Å². The van der Waals surface area contributed by atoms with E-state index in [1.54, 1.807) is 24.5 Å². The normalized spacial score (nSPS) is 11.2. The lowest BCUT2D eigenvalue weighted by atomic mass is 10.1. The standard InChI is InChI=1S/C19H17FN2O3S/c1-25-18-7-4-16(20)13-19(18)26(23,24)22-17-5-2-14(3-6-17)12-15-8-10-21-11-9-15/h2-11,13,22H,12H2,1H3. The second-order valence-corrected chi connectivity index (χ2v) is 7.28. The molecular weight excluding hydrogens is 355 g/mol. The number of nitrogens with zero attached hydrogens (tertiary/aromatic N) is 1. The Kier molecular flexibility index (Phi) is 5.18. The molecule has 0 spiro atoms. The second kappa shape index (κ2) is 7.53. The smallest absolute Gasteiger partial charge is 0.265 e. The molecule has 0 atom stereocenters. The topological polar surface area (TPSA) is 68.3 Å². The van der Waals surface area contributed by atoms with Crippen LogP contribution >= 0.6 is 0 Å². The summed E-state index contributed by atoms with van der Waals surface area (Å²) in [5.41, 5.74) is 2.52. The maximum absolute atomic E-state index is 13.5. The minimum absolute atomic E-state index is 0.0770. The van der Waals surface area contributed by atoms with Gasteiger partial charge in [0, 0.05) is 18.1 Å². The summed E-state index contributed by atoms with van der Waals surface area (Å²) in [7, 11) is -2.64. The monoisotopic (exact) mass is 372 g/mol. The summed E-state index contributed by atoms with van der Waals surface area (Å²) < 4.78 is 46.0. The lowest BCUT2D eigenvalue weighted by Crippen LogP contribution is -2.14. The fourth-order valence-corrected chi connectivity index (χ4v) is 3.74. The molecule has 0 fully saturated rings. The number of sulfonamides is 1. The fraction of sp³-hybridized carbons (Fsp3) is 0.105. The first-order valence-corrected chi connectivity index (χ1v) is 9.30. The van der Waals surface area contributed by atoms with Crippen LogP contribution < -0.4 is 9.46 Å². The Balaban J connectivity index is 1.79. The molecule has 3 aromatic rings. The Hall–Kier alpha value is -2.93. The first-order chi connectivity index (χ1) is 12.5. The van der Waals surface area contributed by atoms with Crippen LogP contribution in [0.25, 0.3) is 0 Å². The van der Waals surface area contributed by atoms with Gasteiger partial charge in [0.05, 0.1) is 7.11 Å². The van der Waals surface area contributed by atoms with Crippen LogP contribution in [0.15, 0.2) is 71.9 Å². The molecule has 7 heteroatoms. The van der Waals surface area contributed by atoms with E-state index in [0.29, 0.717) is 12.1 Å². The van der Waals surface area contributed by atoms with Gasteiger partial charge in [-0.1, -0.05) is 12.1 Å². The van der Waals surface area contributed by atoms with E-state index >= 15 is 0 Å². The minimum Gasteiger partial charge on any atom is -0.495 e. The van der Waals surface area contributed by atoms with Gasteiger partial charge in [0.1, 0.15) is 16.5 Å².